The molecule has 0 atom stereocenters. The van der Waals surface area contributed by atoms with Crippen molar-refractivity contribution < 1.29 is 8.42 Å². The van der Waals surface area contributed by atoms with Crippen LogP contribution in [-0.2, 0) is 10.0 Å². The third-order valence-corrected chi connectivity index (χ3v) is 4.29. The van der Waals surface area contributed by atoms with Crippen molar-refractivity contribution in [2.45, 2.75) is 11.3 Å². The Bertz CT molecular complexity index is 468. The summed E-state index contributed by atoms with van der Waals surface area (Å²) >= 11 is 9.03. The maximum Gasteiger partial charge on any atom is 0.242 e. The van der Waals surface area contributed by atoms with Gasteiger partial charge in [-0.1, -0.05) is 27.5 Å². The Labute approximate surface area is 121 Å². The van der Waals surface area contributed by atoms with Gasteiger partial charge in [-0.15, -0.1) is 12.4 Å². The summed E-state index contributed by atoms with van der Waals surface area (Å²) in [7, 11) is -3.55. The lowest BCUT2D eigenvalue weighted by molar-refractivity contribution is 0.579. The summed E-state index contributed by atoms with van der Waals surface area (Å²) in [6.07, 6.45) is 0.588. The molecule has 0 unspecified atom stereocenters. The summed E-state index contributed by atoms with van der Waals surface area (Å²) in [5, 5.41) is 0.198. The Morgan fingerprint density at radius 2 is 2.06 bits per heavy atom. The average molecular weight is 364 g/mol. The van der Waals surface area contributed by atoms with E-state index in [1.807, 2.05) is 0 Å². The van der Waals surface area contributed by atoms with E-state index in [2.05, 4.69) is 20.7 Å². The Kier molecular flexibility index (Phi) is 7.62. The van der Waals surface area contributed by atoms with Crippen LogP contribution in [0.15, 0.2) is 27.6 Å². The van der Waals surface area contributed by atoms with Crippen LogP contribution in [0.4, 0.5) is 0 Å². The highest BCUT2D eigenvalue weighted by atomic mass is 79.9. The highest BCUT2D eigenvalue weighted by Crippen LogP contribution is 2.24. The van der Waals surface area contributed by atoms with Crippen molar-refractivity contribution in [2.75, 3.05) is 13.1 Å². The van der Waals surface area contributed by atoms with Crippen LogP contribution < -0.4 is 10.5 Å². The lowest BCUT2D eigenvalue weighted by Gasteiger charge is -2.08. The third kappa shape index (κ3) is 5.11. The highest BCUT2D eigenvalue weighted by Gasteiger charge is 2.17. The minimum absolute atomic E-state index is 0. The lowest BCUT2D eigenvalue weighted by atomic mass is 10.4. The molecule has 0 bridgehead atoms. The maximum absolute atomic E-state index is 11.8. The molecule has 0 amide bonds. The zero-order valence-corrected chi connectivity index (χ0v) is 12.8. The molecule has 4 nitrogen and oxygen atoms in total. The second-order valence-corrected chi connectivity index (χ2v) is 6.17. The molecular weight excluding hydrogens is 351 g/mol. The lowest BCUT2D eigenvalue weighted by Crippen LogP contribution is -2.26. The SMILES string of the molecule is Cl.NCCCNS(=O)(=O)c1cc(Br)ccc1Cl. The van der Waals surface area contributed by atoms with Crippen molar-refractivity contribution in [3.8, 4) is 0 Å². The van der Waals surface area contributed by atoms with Gasteiger partial charge in [-0.2, -0.15) is 0 Å². The summed E-state index contributed by atoms with van der Waals surface area (Å²) < 4.78 is 26.7. The van der Waals surface area contributed by atoms with Crippen molar-refractivity contribution in [2.24, 2.45) is 5.73 Å². The molecule has 0 aliphatic heterocycles. The predicted octanol–water partition coefficient (Wildman–Crippen LogP) is 2.15. The summed E-state index contributed by atoms with van der Waals surface area (Å²) in [5.41, 5.74) is 5.28. The molecule has 0 aliphatic rings. The standard InChI is InChI=1S/C9H12BrClN2O2S.ClH/c10-7-2-3-8(11)9(6-7)16(14,15)13-5-1-4-12;/h2-3,6,13H,1,4-5,12H2;1H. The van der Waals surface area contributed by atoms with Crippen LogP contribution in [0, 0.1) is 0 Å². The first-order chi connectivity index (χ1) is 7.47. The molecule has 8 heteroatoms. The van der Waals surface area contributed by atoms with Gasteiger partial charge < -0.3 is 5.73 Å². The molecule has 0 fully saturated rings. The molecule has 0 heterocycles. The fraction of sp³-hybridized carbons (Fsp3) is 0.333. The van der Waals surface area contributed by atoms with Gasteiger partial charge in [-0.3, -0.25) is 0 Å². The molecule has 1 aromatic carbocycles. The van der Waals surface area contributed by atoms with Crippen molar-refractivity contribution in [3.63, 3.8) is 0 Å². The molecule has 0 spiro atoms. The summed E-state index contributed by atoms with van der Waals surface area (Å²) in [6.45, 7) is 0.746. The number of hydrogen-bond donors (Lipinski definition) is 2. The van der Waals surface area contributed by atoms with Gasteiger partial charge in [0.1, 0.15) is 4.90 Å². The largest absolute Gasteiger partial charge is 0.330 e. The van der Waals surface area contributed by atoms with Crippen LogP contribution >= 0.6 is 39.9 Å². The molecule has 0 aromatic heterocycles. The van der Waals surface area contributed by atoms with Crippen molar-refractivity contribution >= 4 is 50.0 Å². The van der Waals surface area contributed by atoms with Crippen LogP contribution in [0.3, 0.4) is 0 Å². The molecule has 0 saturated carbocycles. The minimum Gasteiger partial charge on any atom is -0.330 e. The number of nitrogens with two attached hydrogens (primary N) is 1. The molecule has 0 aliphatic carbocycles. The third-order valence-electron chi connectivity index (χ3n) is 1.86. The first kappa shape index (κ1) is 17.2. The molecule has 3 N–H and O–H groups in total. The second kappa shape index (κ2) is 7.56. The van der Waals surface area contributed by atoms with Gasteiger partial charge in [0.15, 0.2) is 0 Å². The van der Waals surface area contributed by atoms with E-state index in [1.54, 1.807) is 6.07 Å². The Morgan fingerprint density at radius 3 is 2.65 bits per heavy atom. The first-order valence-corrected chi connectivity index (χ1v) is 7.27. The van der Waals surface area contributed by atoms with E-state index < -0.39 is 10.0 Å². The van der Waals surface area contributed by atoms with Crippen molar-refractivity contribution in [3.05, 3.63) is 27.7 Å². The zero-order valence-electron chi connectivity index (χ0n) is 8.82. The smallest absolute Gasteiger partial charge is 0.242 e. The monoisotopic (exact) mass is 362 g/mol. The minimum atomic E-state index is -3.55. The van der Waals surface area contributed by atoms with Crippen molar-refractivity contribution in [1.29, 1.82) is 0 Å². The summed E-state index contributed by atoms with van der Waals surface area (Å²) in [5.74, 6) is 0. The van der Waals surface area contributed by atoms with Crippen LogP contribution in [-0.4, -0.2) is 21.5 Å². The van der Waals surface area contributed by atoms with Crippen LogP contribution in [0.1, 0.15) is 6.42 Å². The van der Waals surface area contributed by atoms with Gasteiger partial charge in [0.25, 0.3) is 0 Å². The van der Waals surface area contributed by atoms with Crippen molar-refractivity contribution in [1.82, 2.24) is 4.72 Å². The van der Waals surface area contributed by atoms with Gasteiger partial charge >= 0.3 is 0 Å². The van der Waals surface area contributed by atoms with E-state index in [9.17, 15) is 8.42 Å². The highest BCUT2D eigenvalue weighted by molar-refractivity contribution is 9.10. The Morgan fingerprint density at radius 1 is 1.41 bits per heavy atom. The molecule has 1 rings (SSSR count). The number of hydrogen-bond acceptors (Lipinski definition) is 3. The quantitative estimate of drug-likeness (QED) is 0.787. The van der Waals surface area contributed by atoms with E-state index in [4.69, 9.17) is 17.3 Å². The second-order valence-electron chi connectivity index (χ2n) is 3.11. The predicted molar refractivity (Wildman–Crippen MR) is 75.3 cm³/mol. The van der Waals surface area contributed by atoms with E-state index in [-0.39, 0.29) is 22.3 Å². The summed E-state index contributed by atoms with van der Waals surface area (Å²) in [4.78, 5) is 0.0700. The molecule has 98 valence electrons. The van der Waals surface area contributed by atoms with E-state index in [0.29, 0.717) is 24.0 Å². The van der Waals surface area contributed by atoms with Gasteiger partial charge in [0.05, 0.1) is 5.02 Å². The summed E-state index contributed by atoms with van der Waals surface area (Å²) in [6, 6.07) is 4.68. The zero-order chi connectivity index (χ0) is 12.2. The molecule has 1 aromatic rings. The topological polar surface area (TPSA) is 72.2 Å². The van der Waals surface area contributed by atoms with Gasteiger partial charge in [0, 0.05) is 11.0 Å². The maximum atomic E-state index is 11.8. The fourth-order valence-electron chi connectivity index (χ4n) is 1.07. The molecular formula is C9H13BrCl2N2O2S. The first-order valence-electron chi connectivity index (χ1n) is 4.62. The fourth-order valence-corrected chi connectivity index (χ4v) is 3.18. The number of rotatable bonds is 5. The van der Waals surface area contributed by atoms with Gasteiger partial charge in [0.2, 0.25) is 10.0 Å². The van der Waals surface area contributed by atoms with Gasteiger partial charge in [-0.25, -0.2) is 13.1 Å². The Hall–Kier alpha value is 0.150. The van der Waals surface area contributed by atoms with E-state index in [1.165, 1.54) is 12.1 Å². The molecule has 0 saturated heterocycles. The van der Waals surface area contributed by atoms with Crippen LogP contribution in [0.2, 0.25) is 5.02 Å². The number of sulfonamides is 1. The van der Waals surface area contributed by atoms with Crippen LogP contribution in [0.5, 0.6) is 0 Å². The van der Waals surface area contributed by atoms with E-state index >= 15 is 0 Å². The molecule has 0 radical (unpaired) electrons. The number of nitrogens with one attached hydrogen (secondary N) is 1. The number of halogens is 3. The van der Waals surface area contributed by atoms with Gasteiger partial charge in [-0.05, 0) is 31.2 Å². The van der Waals surface area contributed by atoms with E-state index in [0.717, 1.165) is 0 Å². The Balaban J connectivity index is 0.00000256. The molecule has 17 heavy (non-hydrogen) atoms. The average Bonchev–Trinajstić information content (AvgIpc) is 2.22. The normalized spacial score (nSPS) is 11.0. The number of benzene rings is 1. The van der Waals surface area contributed by atoms with Crippen LogP contribution in [0.25, 0.3) is 0 Å².